The minimum atomic E-state index is -3.23. The van der Waals surface area contributed by atoms with Gasteiger partial charge in [0.05, 0.1) is 0 Å². The van der Waals surface area contributed by atoms with Gasteiger partial charge >= 0.3 is 0 Å². The molecule has 0 spiro atoms. The average Bonchev–Trinajstić information content (AvgIpc) is 2.39. The van der Waals surface area contributed by atoms with Crippen molar-refractivity contribution in [1.82, 2.24) is 13.9 Å². The summed E-state index contributed by atoms with van der Waals surface area (Å²) >= 11 is 0. The maximum absolute atomic E-state index is 12.6. The quantitative estimate of drug-likeness (QED) is 0.839. The van der Waals surface area contributed by atoms with Crippen molar-refractivity contribution in [2.45, 2.75) is 39.2 Å². The zero-order chi connectivity index (χ0) is 14.0. The van der Waals surface area contributed by atoms with E-state index >= 15 is 0 Å². The highest BCUT2D eigenvalue weighted by atomic mass is 32.2. The molecule has 1 N–H and O–H groups in total. The number of rotatable bonds is 3. The predicted octanol–water partition coefficient (Wildman–Crippen LogP) is 0.893. The van der Waals surface area contributed by atoms with Gasteiger partial charge in [0.25, 0.3) is 10.2 Å². The summed E-state index contributed by atoms with van der Waals surface area (Å²) in [6.45, 7) is 6.98. The lowest BCUT2D eigenvalue weighted by Crippen LogP contribution is -2.54. The van der Waals surface area contributed by atoms with E-state index in [4.69, 9.17) is 0 Å². The van der Waals surface area contributed by atoms with Crippen LogP contribution in [-0.4, -0.2) is 56.3 Å². The van der Waals surface area contributed by atoms with Crippen LogP contribution in [0.15, 0.2) is 0 Å². The predicted molar refractivity (Wildman–Crippen MR) is 77.1 cm³/mol. The normalized spacial score (nSPS) is 32.6. The van der Waals surface area contributed by atoms with Gasteiger partial charge in [-0.3, -0.25) is 0 Å². The molecule has 2 saturated heterocycles. The highest BCUT2D eigenvalue weighted by molar-refractivity contribution is 7.86. The first-order chi connectivity index (χ1) is 8.95. The van der Waals surface area contributed by atoms with E-state index in [-0.39, 0.29) is 0 Å². The van der Waals surface area contributed by atoms with E-state index < -0.39 is 10.2 Å². The summed E-state index contributed by atoms with van der Waals surface area (Å²) in [7, 11) is -1.28. The third-order valence-corrected chi connectivity index (χ3v) is 6.64. The van der Waals surface area contributed by atoms with E-state index in [1.165, 1.54) is 0 Å². The van der Waals surface area contributed by atoms with Gasteiger partial charge in [-0.25, -0.2) is 0 Å². The highest BCUT2D eigenvalue weighted by Crippen LogP contribution is 2.24. The van der Waals surface area contributed by atoms with Gasteiger partial charge in [-0.15, -0.1) is 0 Å². The van der Waals surface area contributed by atoms with E-state index in [0.717, 1.165) is 19.3 Å². The van der Waals surface area contributed by atoms with E-state index in [1.54, 1.807) is 8.61 Å². The van der Waals surface area contributed by atoms with Crippen LogP contribution in [0, 0.1) is 11.8 Å². The van der Waals surface area contributed by atoms with Gasteiger partial charge in [0.2, 0.25) is 0 Å². The summed E-state index contributed by atoms with van der Waals surface area (Å²) in [6, 6.07) is 0.438. The fourth-order valence-electron chi connectivity index (χ4n) is 3.12. The second-order valence-corrected chi connectivity index (χ2v) is 8.04. The zero-order valence-electron chi connectivity index (χ0n) is 12.3. The minimum Gasteiger partial charge on any atom is -0.317 e. The van der Waals surface area contributed by atoms with Crippen LogP contribution in [0.1, 0.15) is 33.1 Å². The molecular weight excluding hydrogens is 262 g/mol. The highest BCUT2D eigenvalue weighted by Gasteiger charge is 2.36. The SMILES string of the molecule is CNC1CCN(S(=O)(=O)N2CCC(C)CC2)CC1C. The molecule has 2 rings (SSSR count). The topological polar surface area (TPSA) is 52.7 Å². The van der Waals surface area contributed by atoms with Crippen molar-refractivity contribution in [2.24, 2.45) is 11.8 Å². The Morgan fingerprint density at radius 3 is 2.11 bits per heavy atom. The molecule has 0 aromatic carbocycles. The van der Waals surface area contributed by atoms with Crippen molar-refractivity contribution < 1.29 is 8.42 Å². The van der Waals surface area contributed by atoms with Gasteiger partial charge < -0.3 is 5.32 Å². The minimum absolute atomic E-state index is 0.372. The molecule has 0 aromatic heterocycles. The largest absolute Gasteiger partial charge is 0.317 e. The van der Waals surface area contributed by atoms with Crippen molar-refractivity contribution in [2.75, 3.05) is 33.2 Å². The Hall–Kier alpha value is -0.170. The molecular formula is C13H27N3O2S. The second kappa shape index (κ2) is 6.08. The zero-order valence-corrected chi connectivity index (χ0v) is 13.1. The Morgan fingerprint density at radius 2 is 1.58 bits per heavy atom. The summed E-state index contributed by atoms with van der Waals surface area (Å²) in [5, 5.41) is 3.28. The third-order valence-electron chi connectivity index (χ3n) is 4.63. The number of piperidine rings is 2. The van der Waals surface area contributed by atoms with Crippen LogP contribution in [-0.2, 0) is 10.2 Å². The molecule has 0 aromatic rings. The van der Waals surface area contributed by atoms with Gasteiger partial charge in [-0.05, 0) is 38.1 Å². The first kappa shape index (κ1) is 15.2. The molecule has 2 fully saturated rings. The fourth-order valence-corrected chi connectivity index (χ4v) is 4.88. The van der Waals surface area contributed by atoms with Crippen molar-refractivity contribution in [1.29, 1.82) is 0 Å². The van der Waals surface area contributed by atoms with Gasteiger partial charge in [0.15, 0.2) is 0 Å². The Balaban J connectivity index is 2.00. The molecule has 2 aliphatic rings. The summed E-state index contributed by atoms with van der Waals surface area (Å²) in [5.41, 5.74) is 0. The smallest absolute Gasteiger partial charge is 0.281 e. The number of hydrogen-bond donors (Lipinski definition) is 1. The first-order valence-corrected chi connectivity index (χ1v) is 8.77. The lowest BCUT2D eigenvalue weighted by molar-refractivity contribution is 0.204. The van der Waals surface area contributed by atoms with Gasteiger partial charge in [-0.2, -0.15) is 17.0 Å². The molecule has 5 nitrogen and oxygen atoms in total. The Bertz CT molecular complexity index is 391. The second-order valence-electron chi connectivity index (χ2n) is 6.11. The van der Waals surface area contributed by atoms with Crippen molar-refractivity contribution in [3.63, 3.8) is 0 Å². The molecule has 0 aliphatic carbocycles. The summed E-state index contributed by atoms with van der Waals surface area (Å²) in [6.07, 6.45) is 2.88. The first-order valence-electron chi connectivity index (χ1n) is 7.37. The van der Waals surface area contributed by atoms with E-state index in [1.807, 2.05) is 7.05 Å². The van der Waals surface area contributed by atoms with Crippen molar-refractivity contribution >= 4 is 10.2 Å². The van der Waals surface area contributed by atoms with Gasteiger partial charge in [0.1, 0.15) is 0 Å². The lowest BCUT2D eigenvalue weighted by Gasteiger charge is -2.39. The number of nitrogens with zero attached hydrogens (tertiary/aromatic N) is 2. The van der Waals surface area contributed by atoms with Crippen LogP contribution in [0.4, 0.5) is 0 Å². The van der Waals surface area contributed by atoms with E-state index in [2.05, 4.69) is 19.2 Å². The van der Waals surface area contributed by atoms with Crippen LogP contribution < -0.4 is 5.32 Å². The summed E-state index contributed by atoms with van der Waals surface area (Å²) < 4.78 is 28.6. The van der Waals surface area contributed by atoms with Gasteiger partial charge in [-0.1, -0.05) is 13.8 Å². The molecule has 19 heavy (non-hydrogen) atoms. The molecule has 2 aliphatic heterocycles. The van der Waals surface area contributed by atoms with Crippen LogP contribution in [0.5, 0.6) is 0 Å². The Labute approximate surface area is 117 Å². The van der Waals surface area contributed by atoms with Crippen LogP contribution in [0.25, 0.3) is 0 Å². The lowest BCUT2D eigenvalue weighted by atomic mass is 9.96. The Kier molecular flexibility index (Phi) is 4.87. The average molecular weight is 289 g/mol. The number of nitrogens with one attached hydrogen (secondary N) is 1. The van der Waals surface area contributed by atoms with Crippen LogP contribution in [0.3, 0.4) is 0 Å². The van der Waals surface area contributed by atoms with Gasteiger partial charge in [0, 0.05) is 32.2 Å². The molecule has 6 heteroatoms. The fraction of sp³-hybridized carbons (Fsp3) is 1.00. The molecule has 2 heterocycles. The van der Waals surface area contributed by atoms with E-state index in [9.17, 15) is 8.42 Å². The van der Waals surface area contributed by atoms with Crippen molar-refractivity contribution in [3.05, 3.63) is 0 Å². The molecule has 112 valence electrons. The molecule has 0 bridgehead atoms. The molecule has 0 amide bonds. The van der Waals surface area contributed by atoms with Crippen LogP contribution >= 0.6 is 0 Å². The van der Waals surface area contributed by atoms with E-state index in [0.29, 0.717) is 44.1 Å². The molecule has 0 radical (unpaired) electrons. The maximum atomic E-state index is 12.6. The number of hydrogen-bond acceptors (Lipinski definition) is 3. The maximum Gasteiger partial charge on any atom is 0.281 e. The van der Waals surface area contributed by atoms with Crippen LogP contribution in [0.2, 0.25) is 0 Å². The van der Waals surface area contributed by atoms with Crippen molar-refractivity contribution in [3.8, 4) is 0 Å². The third kappa shape index (κ3) is 3.29. The molecule has 0 saturated carbocycles. The summed E-state index contributed by atoms with van der Waals surface area (Å²) in [4.78, 5) is 0. The standard InChI is InChI=1S/C13H27N3O2S/c1-11-4-7-15(8-5-11)19(17,18)16-9-6-13(14-3)12(2)10-16/h11-14H,4-10H2,1-3H3. The molecule has 2 atom stereocenters. The Morgan fingerprint density at radius 1 is 1.00 bits per heavy atom. The molecule has 2 unspecified atom stereocenters. The monoisotopic (exact) mass is 289 g/mol. The summed E-state index contributed by atoms with van der Waals surface area (Å²) in [5.74, 6) is 1.03.